The van der Waals surface area contributed by atoms with Crippen LogP contribution in [0.25, 0.3) is 0 Å². The standard InChI is InChI=1S/C16H17NO2/c1-2-12-7-4-6-10-15(12)19-11-13-8-3-5-9-14(13)16(17)18/h3-10H,2,11H2,1H3,(H2,17,18). The van der Waals surface area contributed by atoms with Gasteiger partial charge in [-0.2, -0.15) is 0 Å². The van der Waals surface area contributed by atoms with E-state index in [-0.39, 0.29) is 0 Å². The fourth-order valence-corrected chi connectivity index (χ4v) is 1.98. The van der Waals surface area contributed by atoms with Crippen molar-refractivity contribution < 1.29 is 9.53 Å². The van der Waals surface area contributed by atoms with Gasteiger partial charge in [-0.1, -0.05) is 43.3 Å². The Morgan fingerprint density at radius 3 is 2.37 bits per heavy atom. The van der Waals surface area contributed by atoms with Crippen LogP contribution in [-0.4, -0.2) is 5.91 Å². The number of ether oxygens (including phenoxy) is 1. The van der Waals surface area contributed by atoms with Crippen LogP contribution < -0.4 is 10.5 Å². The van der Waals surface area contributed by atoms with Gasteiger partial charge in [-0.3, -0.25) is 4.79 Å². The predicted octanol–water partition coefficient (Wildman–Crippen LogP) is 2.93. The van der Waals surface area contributed by atoms with E-state index >= 15 is 0 Å². The molecule has 0 saturated carbocycles. The molecule has 0 aliphatic rings. The highest BCUT2D eigenvalue weighted by atomic mass is 16.5. The van der Waals surface area contributed by atoms with Gasteiger partial charge in [0.15, 0.2) is 0 Å². The fraction of sp³-hybridized carbons (Fsp3) is 0.188. The van der Waals surface area contributed by atoms with E-state index in [9.17, 15) is 4.79 Å². The molecule has 2 aromatic rings. The second-order valence-electron chi connectivity index (χ2n) is 4.27. The number of amides is 1. The Kier molecular flexibility index (Phi) is 4.18. The molecule has 0 saturated heterocycles. The summed E-state index contributed by atoms with van der Waals surface area (Å²) >= 11 is 0. The molecule has 0 aliphatic heterocycles. The molecule has 0 unspecified atom stereocenters. The number of aryl methyl sites for hydroxylation is 1. The maximum atomic E-state index is 11.3. The molecule has 3 nitrogen and oxygen atoms in total. The highest BCUT2D eigenvalue weighted by Gasteiger charge is 2.08. The minimum atomic E-state index is -0.428. The molecule has 19 heavy (non-hydrogen) atoms. The third kappa shape index (κ3) is 3.13. The zero-order valence-corrected chi connectivity index (χ0v) is 10.9. The fourth-order valence-electron chi connectivity index (χ4n) is 1.98. The van der Waals surface area contributed by atoms with Crippen LogP contribution in [0.2, 0.25) is 0 Å². The Bertz CT molecular complexity index is 578. The van der Waals surface area contributed by atoms with Crippen LogP contribution in [0.15, 0.2) is 48.5 Å². The van der Waals surface area contributed by atoms with Gasteiger partial charge in [-0.05, 0) is 24.1 Å². The molecule has 0 aliphatic carbocycles. The SMILES string of the molecule is CCc1ccccc1OCc1ccccc1C(N)=O. The van der Waals surface area contributed by atoms with Crippen molar-refractivity contribution in [2.45, 2.75) is 20.0 Å². The van der Waals surface area contributed by atoms with E-state index in [4.69, 9.17) is 10.5 Å². The number of primary amides is 1. The van der Waals surface area contributed by atoms with Crippen molar-refractivity contribution >= 4 is 5.91 Å². The lowest BCUT2D eigenvalue weighted by atomic mass is 10.1. The number of carbonyl (C=O) groups excluding carboxylic acids is 1. The minimum Gasteiger partial charge on any atom is -0.489 e. The molecule has 1 amide bonds. The lowest BCUT2D eigenvalue weighted by Crippen LogP contribution is -2.14. The minimum absolute atomic E-state index is 0.343. The first-order valence-corrected chi connectivity index (χ1v) is 6.30. The summed E-state index contributed by atoms with van der Waals surface area (Å²) in [5, 5.41) is 0. The van der Waals surface area contributed by atoms with Crippen LogP contribution >= 0.6 is 0 Å². The second-order valence-corrected chi connectivity index (χ2v) is 4.27. The first-order chi connectivity index (χ1) is 9.22. The third-order valence-electron chi connectivity index (χ3n) is 3.02. The van der Waals surface area contributed by atoms with Gasteiger partial charge in [0, 0.05) is 11.1 Å². The molecule has 0 radical (unpaired) electrons. The Morgan fingerprint density at radius 1 is 1.05 bits per heavy atom. The van der Waals surface area contributed by atoms with Crippen molar-refractivity contribution in [1.29, 1.82) is 0 Å². The molecule has 2 aromatic carbocycles. The molecule has 0 heterocycles. The van der Waals surface area contributed by atoms with E-state index < -0.39 is 5.91 Å². The number of para-hydroxylation sites is 1. The molecular formula is C16H17NO2. The lowest BCUT2D eigenvalue weighted by molar-refractivity contribution is 0.0998. The smallest absolute Gasteiger partial charge is 0.249 e. The van der Waals surface area contributed by atoms with Crippen LogP contribution in [0.4, 0.5) is 0 Å². The van der Waals surface area contributed by atoms with E-state index in [2.05, 4.69) is 6.92 Å². The first-order valence-electron chi connectivity index (χ1n) is 6.30. The quantitative estimate of drug-likeness (QED) is 0.893. The average molecular weight is 255 g/mol. The Hall–Kier alpha value is -2.29. The number of carbonyl (C=O) groups is 1. The predicted molar refractivity (Wildman–Crippen MR) is 75.1 cm³/mol. The largest absolute Gasteiger partial charge is 0.489 e. The number of hydrogen-bond donors (Lipinski definition) is 1. The Labute approximate surface area is 113 Å². The van der Waals surface area contributed by atoms with Crippen LogP contribution in [0.3, 0.4) is 0 Å². The summed E-state index contributed by atoms with van der Waals surface area (Å²) in [6.45, 7) is 2.43. The summed E-state index contributed by atoms with van der Waals surface area (Å²) in [4.78, 5) is 11.3. The molecule has 0 aromatic heterocycles. The van der Waals surface area contributed by atoms with Crippen molar-refractivity contribution in [2.75, 3.05) is 0 Å². The maximum absolute atomic E-state index is 11.3. The third-order valence-corrected chi connectivity index (χ3v) is 3.02. The summed E-state index contributed by atoms with van der Waals surface area (Å²) in [6.07, 6.45) is 0.910. The van der Waals surface area contributed by atoms with Gasteiger partial charge in [0.1, 0.15) is 12.4 Å². The Morgan fingerprint density at radius 2 is 1.68 bits per heavy atom. The number of nitrogens with two attached hydrogens (primary N) is 1. The van der Waals surface area contributed by atoms with E-state index in [0.717, 1.165) is 23.3 Å². The Balaban J connectivity index is 2.17. The molecule has 2 N–H and O–H groups in total. The van der Waals surface area contributed by atoms with Crippen molar-refractivity contribution in [3.8, 4) is 5.75 Å². The van der Waals surface area contributed by atoms with Crippen molar-refractivity contribution in [3.05, 3.63) is 65.2 Å². The van der Waals surface area contributed by atoms with E-state index in [1.807, 2.05) is 36.4 Å². The van der Waals surface area contributed by atoms with E-state index in [1.165, 1.54) is 0 Å². The summed E-state index contributed by atoms with van der Waals surface area (Å²) in [5.41, 5.74) is 7.81. The highest BCUT2D eigenvalue weighted by Crippen LogP contribution is 2.20. The van der Waals surface area contributed by atoms with Crippen LogP contribution in [-0.2, 0) is 13.0 Å². The second kappa shape index (κ2) is 6.05. The maximum Gasteiger partial charge on any atom is 0.249 e. The summed E-state index contributed by atoms with van der Waals surface area (Å²) in [6, 6.07) is 15.1. The van der Waals surface area contributed by atoms with Gasteiger partial charge in [-0.25, -0.2) is 0 Å². The van der Waals surface area contributed by atoms with Crippen molar-refractivity contribution in [3.63, 3.8) is 0 Å². The molecule has 0 fully saturated rings. The van der Waals surface area contributed by atoms with E-state index in [0.29, 0.717) is 12.2 Å². The number of rotatable bonds is 5. The van der Waals surface area contributed by atoms with Gasteiger partial charge in [0.25, 0.3) is 0 Å². The van der Waals surface area contributed by atoms with Gasteiger partial charge < -0.3 is 10.5 Å². The van der Waals surface area contributed by atoms with Crippen molar-refractivity contribution in [2.24, 2.45) is 5.73 Å². The number of hydrogen-bond acceptors (Lipinski definition) is 2. The normalized spacial score (nSPS) is 10.2. The molecule has 98 valence electrons. The molecular weight excluding hydrogens is 238 g/mol. The van der Waals surface area contributed by atoms with Crippen LogP contribution in [0, 0.1) is 0 Å². The van der Waals surface area contributed by atoms with Gasteiger partial charge in [0.2, 0.25) is 5.91 Å². The molecule has 0 atom stereocenters. The summed E-state index contributed by atoms with van der Waals surface area (Å²) in [7, 11) is 0. The zero-order chi connectivity index (χ0) is 13.7. The van der Waals surface area contributed by atoms with Gasteiger partial charge >= 0.3 is 0 Å². The monoisotopic (exact) mass is 255 g/mol. The van der Waals surface area contributed by atoms with Crippen molar-refractivity contribution in [1.82, 2.24) is 0 Å². The van der Waals surface area contributed by atoms with Gasteiger partial charge in [0.05, 0.1) is 0 Å². The van der Waals surface area contributed by atoms with Crippen LogP contribution in [0.5, 0.6) is 5.75 Å². The summed E-state index contributed by atoms with van der Waals surface area (Å²) in [5.74, 6) is 0.423. The molecule has 0 bridgehead atoms. The average Bonchev–Trinajstić information content (AvgIpc) is 2.45. The summed E-state index contributed by atoms with van der Waals surface area (Å²) < 4.78 is 5.80. The zero-order valence-electron chi connectivity index (χ0n) is 10.9. The molecule has 3 heteroatoms. The highest BCUT2D eigenvalue weighted by molar-refractivity contribution is 5.94. The van der Waals surface area contributed by atoms with E-state index in [1.54, 1.807) is 12.1 Å². The number of benzene rings is 2. The lowest BCUT2D eigenvalue weighted by Gasteiger charge is -2.11. The topological polar surface area (TPSA) is 52.3 Å². The van der Waals surface area contributed by atoms with Crippen LogP contribution in [0.1, 0.15) is 28.4 Å². The molecule has 0 spiro atoms. The van der Waals surface area contributed by atoms with Gasteiger partial charge in [-0.15, -0.1) is 0 Å². The first kappa shape index (κ1) is 13.1. The molecule has 2 rings (SSSR count).